The zero-order valence-corrected chi connectivity index (χ0v) is 19.5. The van der Waals surface area contributed by atoms with Gasteiger partial charge in [0.25, 0.3) is 0 Å². The molecule has 4 N–H and O–H groups in total. The monoisotopic (exact) mass is 431 g/mol. The maximum absolute atomic E-state index is 11.2. The van der Waals surface area contributed by atoms with Gasteiger partial charge in [0.2, 0.25) is 0 Å². The van der Waals surface area contributed by atoms with Crippen molar-refractivity contribution in [3.63, 3.8) is 0 Å². The number of nitrogens with one attached hydrogen (secondary N) is 1. The average Bonchev–Trinajstić information content (AvgIpc) is 2.81. The Morgan fingerprint density at radius 3 is 2.16 bits per heavy atom. The summed E-state index contributed by atoms with van der Waals surface area (Å²) in [5, 5.41) is 34.1. The second kappa shape index (κ2) is 13.4. The molecule has 31 heavy (non-hydrogen) atoms. The molecule has 0 spiro atoms. The van der Waals surface area contributed by atoms with Crippen LogP contribution in [-0.2, 0) is 6.42 Å². The van der Waals surface area contributed by atoms with Crippen LogP contribution in [0.2, 0.25) is 0 Å². The van der Waals surface area contributed by atoms with Crippen LogP contribution < -0.4 is 5.32 Å². The minimum absolute atomic E-state index is 0.257. The van der Waals surface area contributed by atoms with Crippen molar-refractivity contribution >= 4 is 0 Å². The van der Waals surface area contributed by atoms with E-state index in [1.165, 1.54) is 69.8 Å². The van der Waals surface area contributed by atoms with Gasteiger partial charge in [-0.1, -0.05) is 50.7 Å². The summed E-state index contributed by atoms with van der Waals surface area (Å²) in [7, 11) is 0. The molecule has 4 nitrogen and oxygen atoms in total. The first-order chi connectivity index (χ1) is 15.2. The van der Waals surface area contributed by atoms with Crippen LogP contribution in [0.25, 0.3) is 0 Å². The molecule has 0 aliphatic heterocycles. The second-order valence-electron chi connectivity index (χ2n) is 9.97. The zero-order valence-electron chi connectivity index (χ0n) is 19.5. The number of phenols is 1. The molecule has 0 bridgehead atoms. The summed E-state index contributed by atoms with van der Waals surface area (Å²) >= 11 is 0. The second-order valence-corrected chi connectivity index (χ2v) is 9.97. The van der Waals surface area contributed by atoms with Crippen molar-refractivity contribution in [3.8, 4) is 5.75 Å². The Kier molecular flexibility index (Phi) is 10.6. The number of unbranched alkanes of at least 4 members (excludes halogenated alkanes) is 1. The maximum atomic E-state index is 11.2. The fraction of sp³-hybridized carbons (Fsp3) is 0.778. The van der Waals surface area contributed by atoms with Crippen molar-refractivity contribution in [1.29, 1.82) is 0 Å². The molecule has 0 aromatic heterocycles. The summed E-state index contributed by atoms with van der Waals surface area (Å²) in [4.78, 5) is 0. The first-order valence-corrected chi connectivity index (χ1v) is 13.0. The van der Waals surface area contributed by atoms with Crippen molar-refractivity contribution < 1.29 is 15.3 Å². The average molecular weight is 432 g/mol. The summed E-state index contributed by atoms with van der Waals surface area (Å²) in [5.74, 6) is 1.57. The molecular weight excluding hydrogens is 386 g/mol. The summed E-state index contributed by atoms with van der Waals surface area (Å²) in [6.07, 6.45) is 16.4. The van der Waals surface area contributed by atoms with E-state index in [0.29, 0.717) is 24.0 Å². The highest BCUT2D eigenvalue weighted by atomic mass is 16.3. The number of aromatic hydroxyl groups is 1. The van der Waals surface area contributed by atoms with Gasteiger partial charge in [-0.15, -0.1) is 0 Å². The Balaban J connectivity index is 1.63. The van der Waals surface area contributed by atoms with Gasteiger partial charge >= 0.3 is 0 Å². The van der Waals surface area contributed by atoms with Gasteiger partial charge in [-0.25, -0.2) is 0 Å². The Labute approximate surface area is 189 Å². The molecule has 2 saturated carbocycles. The number of benzene rings is 1. The van der Waals surface area contributed by atoms with Gasteiger partial charge < -0.3 is 20.6 Å². The molecule has 0 amide bonds. The van der Waals surface area contributed by atoms with E-state index >= 15 is 0 Å². The van der Waals surface area contributed by atoms with Gasteiger partial charge in [0.05, 0.1) is 6.10 Å². The Bertz CT molecular complexity index is 636. The Morgan fingerprint density at radius 2 is 1.48 bits per heavy atom. The van der Waals surface area contributed by atoms with E-state index in [9.17, 15) is 10.2 Å². The van der Waals surface area contributed by atoms with Crippen LogP contribution in [0, 0.1) is 0 Å². The van der Waals surface area contributed by atoms with E-state index in [2.05, 4.69) is 17.4 Å². The van der Waals surface area contributed by atoms with Gasteiger partial charge in [0.1, 0.15) is 5.75 Å². The van der Waals surface area contributed by atoms with Crippen LogP contribution in [0.4, 0.5) is 0 Å². The van der Waals surface area contributed by atoms with Crippen LogP contribution in [-0.4, -0.2) is 41.1 Å². The highest BCUT2D eigenvalue weighted by Gasteiger charge is 2.25. The molecule has 4 heteroatoms. The van der Waals surface area contributed by atoms with E-state index < -0.39 is 6.10 Å². The number of hydrogen-bond acceptors (Lipinski definition) is 4. The molecule has 3 rings (SSSR count). The minimum atomic E-state index is -0.411. The largest absolute Gasteiger partial charge is 0.507 e. The minimum Gasteiger partial charge on any atom is -0.507 e. The van der Waals surface area contributed by atoms with Crippen molar-refractivity contribution in [2.24, 2.45) is 0 Å². The van der Waals surface area contributed by atoms with E-state index in [1.54, 1.807) is 0 Å². The molecule has 1 aromatic rings. The Morgan fingerprint density at radius 1 is 0.839 bits per heavy atom. The predicted molar refractivity (Wildman–Crippen MR) is 128 cm³/mol. The topological polar surface area (TPSA) is 72.7 Å². The first kappa shape index (κ1) is 24.5. The summed E-state index contributed by atoms with van der Waals surface area (Å²) in [5.41, 5.74) is 3.54. The summed E-state index contributed by atoms with van der Waals surface area (Å²) in [6, 6.07) is 4.54. The maximum Gasteiger partial charge on any atom is 0.122 e. The van der Waals surface area contributed by atoms with Crippen molar-refractivity contribution in [1.82, 2.24) is 5.32 Å². The molecular formula is C27H45NO3. The van der Waals surface area contributed by atoms with Crippen molar-refractivity contribution in [3.05, 3.63) is 28.8 Å². The molecule has 2 fully saturated rings. The fourth-order valence-electron chi connectivity index (χ4n) is 5.60. The highest BCUT2D eigenvalue weighted by Crippen LogP contribution is 2.42. The lowest BCUT2D eigenvalue weighted by Crippen LogP contribution is -2.20. The number of aliphatic hydroxyl groups excluding tert-OH is 2. The Hall–Kier alpha value is -1.10. The predicted octanol–water partition coefficient (Wildman–Crippen LogP) is 5.53. The molecule has 1 atom stereocenters. The van der Waals surface area contributed by atoms with Crippen LogP contribution in [0.5, 0.6) is 5.75 Å². The normalized spacial score (nSPS) is 19.5. The van der Waals surface area contributed by atoms with Crippen LogP contribution in [0.3, 0.4) is 0 Å². The van der Waals surface area contributed by atoms with E-state index in [0.717, 1.165) is 49.9 Å². The number of phenolic OH excluding ortho intramolecular Hbond substituents is 1. The van der Waals surface area contributed by atoms with Gasteiger partial charge in [0.15, 0.2) is 0 Å². The highest BCUT2D eigenvalue weighted by molar-refractivity contribution is 5.47. The third kappa shape index (κ3) is 7.76. The fourth-order valence-corrected chi connectivity index (χ4v) is 5.60. The molecule has 1 aromatic carbocycles. The lowest BCUT2D eigenvalue weighted by Gasteiger charge is -2.28. The van der Waals surface area contributed by atoms with Crippen LogP contribution in [0.1, 0.15) is 118 Å². The summed E-state index contributed by atoms with van der Waals surface area (Å²) < 4.78 is 0. The molecule has 2 aliphatic rings. The lowest BCUT2D eigenvalue weighted by atomic mass is 9.78. The number of aliphatic hydroxyl groups is 2. The van der Waals surface area contributed by atoms with Gasteiger partial charge in [0, 0.05) is 13.0 Å². The molecule has 0 radical (unpaired) electrons. The molecule has 2 aliphatic carbocycles. The molecule has 176 valence electrons. The van der Waals surface area contributed by atoms with Crippen LogP contribution in [0.15, 0.2) is 12.1 Å². The quantitative estimate of drug-likeness (QED) is 0.328. The zero-order chi connectivity index (χ0) is 21.9. The lowest BCUT2D eigenvalue weighted by molar-refractivity contribution is 0.160. The van der Waals surface area contributed by atoms with Crippen molar-refractivity contribution in [2.75, 3.05) is 19.7 Å². The van der Waals surface area contributed by atoms with Gasteiger partial charge in [-0.3, -0.25) is 0 Å². The summed E-state index contributed by atoms with van der Waals surface area (Å²) in [6.45, 7) is 2.07. The molecule has 0 heterocycles. The number of hydrogen-bond donors (Lipinski definition) is 4. The van der Waals surface area contributed by atoms with Gasteiger partial charge in [-0.05, 0) is 93.0 Å². The van der Waals surface area contributed by atoms with E-state index in [-0.39, 0.29) is 6.61 Å². The van der Waals surface area contributed by atoms with Gasteiger partial charge in [-0.2, -0.15) is 0 Å². The number of rotatable bonds is 12. The van der Waals surface area contributed by atoms with E-state index in [1.807, 2.05) is 0 Å². The third-order valence-electron chi connectivity index (χ3n) is 7.47. The standard InChI is InChI=1S/C27H45NO3/c29-17-8-7-15-28-16-9-14-25(30)19-24-18-23(21-10-3-1-4-11-21)20-26(27(24)31)22-12-5-2-6-13-22/h18,20-22,25,28-31H,1-17,19H2. The third-order valence-corrected chi connectivity index (χ3v) is 7.47. The van der Waals surface area contributed by atoms with E-state index in [4.69, 9.17) is 5.11 Å². The van der Waals surface area contributed by atoms with Crippen LogP contribution >= 0.6 is 0 Å². The van der Waals surface area contributed by atoms with Crippen molar-refractivity contribution in [2.45, 2.75) is 114 Å². The smallest absolute Gasteiger partial charge is 0.122 e. The SMILES string of the molecule is OCCCCNCCCC(O)Cc1cc(C2CCCCC2)cc(C2CCCCC2)c1O. The molecule has 1 unspecified atom stereocenters. The first-order valence-electron chi connectivity index (χ1n) is 13.0. The molecule has 0 saturated heterocycles.